The summed E-state index contributed by atoms with van der Waals surface area (Å²) in [4.78, 5) is 18.5. The van der Waals surface area contributed by atoms with Gasteiger partial charge >= 0.3 is 0 Å². The van der Waals surface area contributed by atoms with Crippen molar-refractivity contribution in [1.29, 1.82) is 0 Å². The maximum atomic E-state index is 12.5. The minimum atomic E-state index is -0.238. The van der Waals surface area contributed by atoms with Gasteiger partial charge in [0.25, 0.3) is 5.91 Å². The van der Waals surface area contributed by atoms with Crippen LogP contribution >= 0.6 is 11.3 Å². The number of rotatable bonds is 7. The van der Waals surface area contributed by atoms with Crippen LogP contribution in [0.1, 0.15) is 30.4 Å². The fourth-order valence-electron chi connectivity index (χ4n) is 1.64. The van der Waals surface area contributed by atoms with Gasteiger partial charge in [-0.25, -0.2) is 4.98 Å². The number of aliphatic hydroxyl groups excluding tert-OH is 1. The van der Waals surface area contributed by atoms with E-state index in [1.807, 2.05) is 20.8 Å². The number of methoxy groups -OCH3 is 1. The first-order chi connectivity index (χ1) is 9.78. The molecule has 0 aromatic carbocycles. The molecule has 0 aliphatic carbocycles. The van der Waals surface area contributed by atoms with E-state index in [9.17, 15) is 4.79 Å². The Morgan fingerprint density at radius 2 is 2.14 bits per heavy atom. The lowest BCUT2D eigenvalue weighted by Crippen LogP contribution is -2.36. The van der Waals surface area contributed by atoms with Crippen LogP contribution < -0.4 is 11.1 Å². The molecule has 0 saturated carbocycles. The fourth-order valence-corrected chi connectivity index (χ4v) is 2.70. The van der Waals surface area contributed by atoms with Gasteiger partial charge in [0.05, 0.1) is 13.2 Å². The molecule has 0 unspecified atom stereocenters. The fraction of sp³-hybridized carbons (Fsp3) is 0.692. The van der Waals surface area contributed by atoms with Crippen LogP contribution in [0, 0.1) is 0 Å². The van der Waals surface area contributed by atoms with Crippen molar-refractivity contribution < 1.29 is 14.6 Å². The Labute approximate surface area is 129 Å². The molecule has 7 nitrogen and oxygen atoms in total. The van der Waals surface area contributed by atoms with Gasteiger partial charge in [-0.15, -0.1) is 0 Å². The van der Waals surface area contributed by atoms with Crippen molar-refractivity contribution in [2.45, 2.75) is 26.3 Å². The summed E-state index contributed by atoms with van der Waals surface area (Å²) in [5.41, 5.74) is 5.68. The molecule has 21 heavy (non-hydrogen) atoms. The number of anilines is 2. The standard InChI is InChI=1S/C13H24N4O3S/c1-13(2,3)16-12-15-10(14)9(21-12)11(19)17(5-7-18)6-8-20-4/h18H,5-8,14H2,1-4H3,(H,15,16). The Balaban J connectivity index is 2.89. The van der Waals surface area contributed by atoms with E-state index in [4.69, 9.17) is 15.6 Å². The number of nitrogen functional groups attached to an aromatic ring is 1. The second-order valence-electron chi connectivity index (χ2n) is 5.62. The summed E-state index contributed by atoms with van der Waals surface area (Å²) < 4.78 is 4.97. The van der Waals surface area contributed by atoms with E-state index in [0.717, 1.165) is 0 Å². The average Bonchev–Trinajstić information content (AvgIpc) is 2.72. The zero-order chi connectivity index (χ0) is 16.0. The third-order valence-corrected chi connectivity index (χ3v) is 3.53. The lowest BCUT2D eigenvalue weighted by atomic mass is 10.1. The summed E-state index contributed by atoms with van der Waals surface area (Å²) >= 11 is 1.22. The summed E-state index contributed by atoms with van der Waals surface area (Å²) in [7, 11) is 1.56. The number of aromatic nitrogens is 1. The monoisotopic (exact) mass is 316 g/mol. The smallest absolute Gasteiger partial charge is 0.268 e. The molecule has 1 amide bonds. The molecule has 4 N–H and O–H groups in total. The number of thiazole rings is 1. The van der Waals surface area contributed by atoms with Crippen LogP contribution in [0.25, 0.3) is 0 Å². The molecule has 0 spiro atoms. The average molecular weight is 316 g/mol. The van der Waals surface area contributed by atoms with Crippen LogP contribution in [0.4, 0.5) is 10.9 Å². The number of hydrogen-bond donors (Lipinski definition) is 3. The van der Waals surface area contributed by atoms with Gasteiger partial charge in [-0.1, -0.05) is 11.3 Å². The number of nitrogens with two attached hydrogens (primary N) is 1. The van der Waals surface area contributed by atoms with Gasteiger partial charge in [0.1, 0.15) is 10.7 Å². The predicted molar refractivity (Wildman–Crippen MR) is 84.8 cm³/mol. The van der Waals surface area contributed by atoms with E-state index in [1.54, 1.807) is 7.11 Å². The van der Waals surface area contributed by atoms with Gasteiger partial charge in [0.2, 0.25) is 0 Å². The molecular weight excluding hydrogens is 292 g/mol. The van der Waals surface area contributed by atoms with Gasteiger partial charge in [-0.3, -0.25) is 4.79 Å². The first-order valence-corrected chi connectivity index (χ1v) is 7.53. The molecule has 1 rings (SSSR count). The second-order valence-corrected chi connectivity index (χ2v) is 6.62. The van der Waals surface area contributed by atoms with Crippen molar-refractivity contribution in [1.82, 2.24) is 9.88 Å². The number of nitrogens with one attached hydrogen (secondary N) is 1. The van der Waals surface area contributed by atoms with Crippen molar-refractivity contribution in [2.75, 3.05) is 44.5 Å². The first kappa shape index (κ1) is 17.7. The maximum Gasteiger partial charge on any atom is 0.268 e. The van der Waals surface area contributed by atoms with Gasteiger partial charge in [0, 0.05) is 25.7 Å². The maximum absolute atomic E-state index is 12.5. The van der Waals surface area contributed by atoms with Crippen LogP contribution in [-0.4, -0.2) is 59.8 Å². The van der Waals surface area contributed by atoms with Crippen LogP contribution in [0.5, 0.6) is 0 Å². The number of aliphatic hydroxyl groups is 1. The summed E-state index contributed by atoms with van der Waals surface area (Å²) in [5.74, 6) is -0.0323. The molecule has 1 heterocycles. The van der Waals surface area contributed by atoms with Crippen molar-refractivity contribution in [2.24, 2.45) is 0 Å². The Bertz CT molecular complexity index is 470. The molecular formula is C13H24N4O3S. The molecule has 0 aliphatic heterocycles. The number of carbonyl (C=O) groups excluding carboxylic acids is 1. The SMILES string of the molecule is COCCN(CCO)C(=O)c1sc(NC(C)(C)C)nc1N. The van der Waals surface area contributed by atoms with E-state index in [-0.39, 0.29) is 30.4 Å². The third-order valence-electron chi connectivity index (χ3n) is 2.55. The number of ether oxygens (including phenoxy) is 1. The zero-order valence-electron chi connectivity index (χ0n) is 13.0. The van der Waals surface area contributed by atoms with Crippen LogP contribution in [0.15, 0.2) is 0 Å². The molecule has 0 saturated heterocycles. The number of carbonyl (C=O) groups is 1. The zero-order valence-corrected chi connectivity index (χ0v) is 13.8. The topological polar surface area (TPSA) is 101 Å². The minimum absolute atomic E-state index is 0.110. The molecule has 0 bridgehead atoms. The number of nitrogens with zero attached hydrogens (tertiary/aromatic N) is 2. The number of amides is 1. The van der Waals surface area contributed by atoms with E-state index in [2.05, 4.69) is 10.3 Å². The molecule has 0 atom stereocenters. The first-order valence-electron chi connectivity index (χ1n) is 6.72. The molecule has 0 radical (unpaired) electrons. The summed E-state index contributed by atoms with van der Waals surface area (Å²) in [6, 6.07) is 0. The molecule has 1 aromatic heterocycles. The predicted octanol–water partition coefficient (Wildman–Crippen LogP) is 1.02. The Kier molecular flexibility index (Phi) is 6.38. The molecule has 8 heteroatoms. The summed E-state index contributed by atoms with van der Waals surface area (Å²) in [5, 5.41) is 12.9. The van der Waals surface area contributed by atoms with Crippen LogP contribution in [-0.2, 0) is 4.74 Å². The quantitative estimate of drug-likeness (QED) is 0.694. The van der Waals surface area contributed by atoms with E-state index < -0.39 is 0 Å². The van der Waals surface area contributed by atoms with Gasteiger partial charge in [-0.2, -0.15) is 0 Å². The Morgan fingerprint density at radius 1 is 1.48 bits per heavy atom. The van der Waals surface area contributed by atoms with Gasteiger partial charge in [0.15, 0.2) is 5.13 Å². The largest absolute Gasteiger partial charge is 0.395 e. The van der Waals surface area contributed by atoms with Crippen molar-refractivity contribution in [3.63, 3.8) is 0 Å². The van der Waals surface area contributed by atoms with Crippen LogP contribution in [0.2, 0.25) is 0 Å². The highest BCUT2D eigenvalue weighted by Crippen LogP contribution is 2.28. The van der Waals surface area contributed by atoms with E-state index in [1.165, 1.54) is 16.2 Å². The highest BCUT2D eigenvalue weighted by atomic mass is 32.1. The molecule has 1 aromatic rings. The Hall–Kier alpha value is -1.38. The van der Waals surface area contributed by atoms with Crippen molar-refractivity contribution >= 4 is 28.2 Å². The summed E-state index contributed by atoms with van der Waals surface area (Å²) in [6.07, 6.45) is 0. The third kappa shape index (κ3) is 5.49. The van der Waals surface area contributed by atoms with Gasteiger partial charge in [-0.05, 0) is 20.8 Å². The van der Waals surface area contributed by atoms with E-state index >= 15 is 0 Å². The normalized spacial score (nSPS) is 11.5. The lowest BCUT2D eigenvalue weighted by molar-refractivity contribution is 0.0662. The summed E-state index contributed by atoms with van der Waals surface area (Å²) in [6.45, 7) is 6.93. The Morgan fingerprint density at radius 3 is 2.67 bits per heavy atom. The molecule has 0 fully saturated rings. The highest BCUT2D eigenvalue weighted by molar-refractivity contribution is 7.18. The van der Waals surface area contributed by atoms with E-state index in [0.29, 0.717) is 23.2 Å². The van der Waals surface area contributed by atoms with Crippen LogP contribution in [0.3, 0.4) is 0 Å². The second kappa shape index (κ2) is 7.58. The van der Waals surface area contributed by atoms with Gasteiger partial charge < -0.3 is 25.8 Å². The van der Waals surface area contributed by atoms with Crippen molar-refractivity contribution in [3.05, 3.63) is 4.88 Å². The van der Waals surface area contributed by atoms with Crippen molar-refractivity contribution in [3.8, 4) is 0 Å². The number of hydrogen-bond acceptors (Lipinski definition) is 7. The minimum Gasteiger partial charge on any atom is -0.395 e. The lowest BCUT2D eigenvalue weighted by Gasteiger charge is -2.20. The molecule has 0 aliphatic rings. The molecule has 120 valence electrons. The highest BCUT2D eigenvalue weighted by Gasteiger charge is 2.23.